The van der Waals surface area contributed by atoms with Crippen molar-refractivity contribution in [3.8, 4) is 0 Å². The van der Waals surface area contributed by atoms with Crippen molar-refractivity contribution in [1.82, 2.24) is 4.90 Å². The van der Waals surface area contributed by atoms with Crippen LogP contribution in [0.2, 0.25) is 0 Å². The molecule has 0 aromatic heterocycles. The molecule has 0 radical (unpaired) electrons. The summed E-state index contributed by atoms with van der Waals surface area (Å²) in [6, 6.07) is 7.85. The average molecular weight is 437 g/mol. The van der Waals surface area contributed by atoms with E-state index < -0.39 is 35.4 Å². The molecule has 2 amide bonds. The van der Waals surface area contributed by atoms with Crippen molar-refractivity contribution in [2.24, 2.45) is 5.73 Å². The molecule has 0 saturated carbocycles. The summed E-state index contributed by atoms with van der Waals surface area (Å²) in [5.41, 5.74) is 4.65. The molecule has 0 aliphatic carbocycles. The standard InChI is InChI=1S/C23H36N2O6/c1-22(2,3)30-19(26)18(14-10-11-15-24)25(21(28)31-23(4,5)6)20(27)29-16-17-12-8-7-9-13-17/h7-9,12-13,18H,10-11,14-16,24H2,1-6H3/t18-/m0/s1. The molecule has 8 nitrogen and oxygen atoms in total. The van der Waals surface area contributed by atoms with E-state index in [0.29, 0.717) is 19.4 Å². The Morgan fingerprint density at radius 1 is 0.903 bits per heavy atom. The van der Waals surface area contributed by atoms with Crippen molar-refractivity contribution in [2.75, 3.05) is 6.54 Å². The highest BCUT2D eigenvalue weighted by Crippen LogP contribution is 2.20. The van der Waals surface area contributed by atoms with Crippen LogP contribution < -0.4 is 5.73 Å². The summed E-state index contributed by atoms with van der Waals surface area (Å²) >= 11 is 0. The van der Waals surface area contributed by atoms with Crippen LogP contribution in [-0.2, 0) is 25.6 Å². The zero-order valence-electron chi connectivity index (χ0n) is 19.5. The SMILES string of the molecule is CC(C)(C)OC(=O)[C@H](CCCCN)N(C(=O)OCc1ccccc1)C(=O)OC(C)(C)C. The van der Waals surface area contributed by atoms with Gasteiger partial charge in [-0.1, -0.05) is 30.3 Å². The van der Waals surface area contributed by atoms with Gasteiger partial charge in [-0.25, -0.2) is 14.4 Å². The predicted octanol–water partition coefficient (Wildman–Crippen LogP) is 4.40. The van der Waals surface area contributed by atoms with Crippen LogP contribution in [0.4, 0.5) is 9.59 Å². The number of carbonyl (C=O) groups excluding carboxylic acids is 3. The van der Waals surface area contributed by atoms with E-state index in [4.69, 9.17) is 19.9 Å². The molecule has 0 unspecified atom stereocenters. The molecular formula is C23H36N2O6. The van der Waals surface area contributed by atoms with Gasteiger partial charge < -0.3 is 19.9 Å². The number of rotatable bonds is 8. The number of benzene rings is 1. The Bertz CT molecular complexity index is 722. The van der Waals surface area contributed by atoms with Crippen LogP contribution in [0.15, 0.2) is 30.3 Å². The summed E-state index contributed by atoms with van der Waals surface area (Å²) in [5.74, 6) is -0.702. The Kier molecular flexibility index (Phi) is 9.97. The predicted molar refractivity (Wildman–Crippen MR) is 117 cm³/mol. The van der Waals surface area contributed by atoms with Crippen molar-refractivity contribution in [3.05, 3.63) is 35.9 Å². The second-order valence-corrected chi connectivity index (χ2v) is 9.22. The molecule has 0 heterocycles. The molecule has 1 aromatic carbocycles. The van der Waals surface area contributed by atoms with Crippen LogP contribution in [0.5, 0.6) is 0 Å². The zero-order valence-corrected chi connectivity index (χ0v) is 19.5. The van der Waals surface area contributed by atoms with Crippen LogP contribution >= 0.6 is 0 Å². The molecule has 0 fully saturated rings. The molecule has 1 atom stereocenters. The van der Waals surface area contributed by atoms with Crippen LogP contribution in [0.1, 0.15) is 66.4 Å². The first-order chi connectivity index (χ1) is 14.3. The number of amides is 2. The highest BCUT2D eigenvalue weighted by atomic mass is 16.6. The van der Waals surface area contributed by atoms with Crippen LogP contribution in [0, 0.1) is 0 Å². The Morgan fingerprint density at radius 2 is 1.48 bits per heavy atom. The maximum absolute atomic E-state index is 13.0. The Morgan fingerprint density at radius 3 is 2.00 bits per heavy atom. The highest BCUT2D eigenvalue weighted by Gasteiger charge is 2.40. The zero-order chi connectivity index (χ0) is 23.7. The molecule has 0 spiro atoms. The maximum atomic E-state index is 13.0. The number of nitrogens with zero attached hydrogens (tertiary/aromatic N) is 1. The number of unbranched alkanes of at least 4 members (excludes halogenated alkanes) is 1. The molecule has 0 aliphatic heterocycles. The van der Waals surface area contributed by atoms with E-state index >= 15 is 0 Å². The van der Waals surface area contributed by atoms with Gasteiger partial charge in [-0.05, 0) is 72.9 Å². The summed E-state index contributed by atoms with van der Waals surface area (Å²) in [7, 11) is 0. The van der Waals surface area contributed by atoms with E-state index in [2.05, 4.69) is 0 Å². The molecule has 0 saturated heterocycles. The molecule has 2 N–H and O–H groups in total. The first kappa shape index (κ1) is 26.4. The van der Waals surface area contributed by atoms with Gasteiger partial charge in [0.15, 0.2) is 0 Å². The van der Waals surface area contributed by atoms with E-state index in [9.17, 15) is 14.4 Å². The summed E-state index contributed by atoms with van der Waals surface area (Å²) in [6.07, 6.45) is -0.603. The van der Waals surface area contributed by atoms with Crippen molar-refractivity contribution < 1.29 is 28.6 Å². The second-order valence-electron chi connectivity index (χ2n) is 9.22. The Balaban J connectivity index is 3.17. The number of ether oxygens (including phenoxy) is 3. The van der Waals surface area contributed by atoms with Crippen molar-refractivity contribution in [3.63, 3.8) is 0 Å². The third-order valence-corrected chi connectivity index (χ3v) is 3.91. The highest BCUT2D eigenvalue weighted by molar-refractivity contribution is 5.94. The van der Waals surface area contributed by atoms with Gasteiger partial charge in [-0.3, -0.25) is 0 Å². The molecule has 0 aliphatic rings. The lowest BCUT2D eigenvalue weighted by molar-refractivity contribution is -0.161. The number of esters is 1. The van der Waals surface area contributed by atoms with Gasteiger partial charge in [0.2, 0.25) is 0 Å². The smallest absolute Gasteiger partial charge is 0.420 e. The van der Waals surface area contributed by atoms with Gasteiger partial charge in [-0.2, -0.15) is 4.90 Å². The summed E-state index contributed by atoms with van der Waals surface area (Å²) in [6.45, 7) is 10.5. The maximum Gasteiger partial charge on any atom is 0.420 e. The van der Waals surface area contributed by atoms with E-state index in [-0.39, 0.29) is 13.0 Å². The number of carbonyl (C=O) groups is 3. The fraction of sp³-hybridized carbons (Fsp3) is 0.609. The van der Waals surface area contributed by atoms with Crippen molar-refractivity contribution in [2.45, 2.75) is 84.7 Å². The molecule has 1 rings (SSSR count). The minimum Gasteiger partial charge on any atom is -0.458 e. The van der Waals surface area contributed by atoms with Crippen LogP contribution in [0.25, 0.3) is 0 Å². The first-order valence-electron chi connectivity index (χ1n) is 10.5. The number of hydrogen-bond acceptors (Lipinski definition) is 7. The largest absolute Gasteiger partial charge is 0.458 e. The minimum atomic E-state index is -1.19. The lowest BCUT2D eigenvalue weighted by atomic mass is 10.1. The molecule has 31 heavy (non-hydrogen) atoms. The minimum absolute atomic E-state index is 0.0528. The molecule has 0 bridgehead atoms. The lowest BCUT2D eigenvalue weighted by Crippen LogP contribution is -2.52. The second kappa shape index (κ2) is 11.7. The summed E-state index contributed by atoms with van der Waals surface area (Å²) < 4.78 is 16.2. The van der Waals surface area contributed by atoms with Crippen molar-refractivity contribution in [1.29, 1.82) is 0 Å². The summed E-state index contributed by atoms with van der Waals surface area (Å²) in [5, 5.41) is 0. The number of imide groups is 1. The third-order valence-electron chi connectivity index (χ3n) is 3.91. The Hall–Kier alpha value is -2.61. The van der Waals surface area contributed by atoms with Gasteiger partial charge in [0.25, 0.3) is 0 Å². The normalized spacial score (nSPS) is 12.6. The topological polar surface area (TPSA) is 108 Å². The monoisotopic (exact) mass is 436 g/mol. The van der Waals surface area contributed by atoms with Gasteiger partial charge in [0.05, 0.1) is 0 Å². The van der Waals surface area contributed by atoms with E-state index in [0.717, 1.165) is 10.5 Å². The Labute approximate surface area is 185 Å². The van der Waals surface area contributed by atoms with Gasteiger partial charge in [0.1, 0.15) is 23.9 Å². The van der Waals surface area contributed by atoms with E-state index in [1.54, 1.807) is 53.7 Å². The first-order valence-corrected chi connectivity index (χ1v) is 10.5. The third kappa shape index (κ3) is 10.3. The molecule has 8 heteroatoms. The lowest BCUT2D eigenvalue weighted by Gasteiger charge is -2.32. The van der Waals surface area contributed by atoms with Gasteiger partial charge >= 0.3 is 18.2 Å². The quantitative estimate of drug-likeness (QED) is 0.365. The van der Waals surface area contributed by atoms with E-state index in [1.807, 2.05) is 18.2 Å². The number of nitrogens with two attached hydrogens (primary N) is 1. The van der Waals surface area contributed by atoms with E-state index in [1.165, 1.54) is 0 Å². The molecule has 1 aromatic rings. The summed E-state index contributed by atoms with van der Waals surface area (Å²) in [4.78, 5) is 39.5. The van der Waals surface area contributed by atoms with Crippen molar-refractivity contribution >= 4 is 18.2 Å². The fourth-order valence-electron chi connectivity index (χ4n) is 2.63. The van der Waals surface area contributed by atoms with Gasteiger partial charge in [0, 0.05) is 0 Å². The van der Waals surface area contributed by atoms with Gasteiger partial charge in [-0.15, -0.1) is 0 Å². The molecular weight excluding hydrogens is 400 g/mol. The van der Waals surface area contributed by atoms with Crippen LogP contribution in [0.3, 0.4) is 0 Å². The molecule has 174 valence electrons. The van der Waals surface area contributed by atoms with Crippen LogP contribution in [-0.4, -0.2) is 46.8 Å². The number of hydrogen-bond donors (Lipinski definition) is 1. The fourth-order valence-corrected chi connectivity index (χ4v) is 2.63. The average Bonchev–Trinajstić information content (AvgIpc) is 2.63.